The average Bonchev–Trinajstić information content (AvgIpc) is 2.55. The summed E-state index contributed by atoms with van der Waals surface area (Å²) in [6.45, 7) is 3.93. The summed E-state index contributed by atoms with van der Waals surface area (Å²) in [4.78, 5) is 13.4. The molecule has 2 rings (SSSR count). The number of amides is 1. The predicted molar refractivity (Wildman–Crippen MR) is 73.7 cm³/mol. The highest BCUT2D eigenvalue weighted by molar-refractivity contribution is 9.10. The molecule has 1 aliphatic rings. The van der Waals surface area contributed by atoms with E-state index in [0.717, 1.165) is 36.4 Å². The number of nitrogens with one attached hydrogen (secondary N) is 1. The number of carbonyl (C=O) groups excluding carboxylic acids is 1. The van der Waals surface area contributed by atoms with Crippen molar-refractivity contribution in [3.8, 4) is 5.75 Å². The molecule has 1 heterocycles. The Labute approximate surface area is 115 Å². The highest BCUT2D eigenvalue weighted by Gasteiger charge is 2.12. The highest BCUT2D eigenvalue weighted by Crippen LogP contribution is 2.17. The van der Waals surface area contributed by atoms with E-state index in [4.69, 9.17) is 4.74 Å². The van der Waals surface area contributed by atoms with Crippen LogP contribution in [0.2, 0.25) is 0 Å². The van der Waals surface area contributed by atoms with Crippen LogP contribution >= 0.6 is 15.9 Å². The minimum atomic E-state index is 0.144. The van der Waals surface area contributed by atoms with E-state index in [-0.39, 0.29) is 5.91 Å². The Bertz CT molecular complexity index is 412. The first kappa shape index (κ1) is 13.4. The van der Waals surface area contributed by atoms with Crippen molar-refractivity contribution in [2.45, 2.75) is 6.42 Å². The average molecular weight is 313 g/mol. The van der Waals surface area contributed by atoms with Crippen molar-refractivity contribution in [3.63, 3.8) is 0 Å². The third-order valence-corrected chi connectivity index (χ3v) is 3.37. The normalized spacial score (nSPS) is 17.1. The van der Waals surface area contributed by atoms with Crippen molar-refractivity contribution in [2.75, 3.05) is 32.8 Å². The van der Waals surface area contributed by atoms with E-state index in [2.05, 4.69) is 26.1 Å². The number of carbonyl (C=O) groups is 1. The SMILES string of the molecule is O=C1CCN(CCOc2cccc(Br)c2)CCN1. The van der Waals surface area contributed by atoms with Gasteiger partial charge in [-0.1, -0.05) is 22.0 Å². The van der Waals surface area contributed by atoms with E-state index in [1.807, 2.05) is 24.3 Å². The van der Waals surface area contributed by atoms with Gasteiger partial charge in [-0.05, 0) is 18.2 Å². The van der Waals surface area contributed by atoms with Crippen molar-refractivity contribution < 1.29 is 9.53 Å². The summed E-state index contributed by atoms with van der Waals surface area (Å²) in [5, 5.41) is 2.86. The zero-order valence-electron chi connectivity index (χ0n) is 10.2. The molecule has 1 aliphatic heterocycles. The van der Waals surface area contributed by atoms with E-state index in [1.54, 1.807) is 0 Å². The van der Waals surface area contributed by atoms with Crippen LogP contribution in [0.1, 0.15) is 6.42 Å². The van der Waals surface area contributed by atoms with Gasteiger partial charge < -0.3 is 10.1 Å². The maximum absolute atomic E-state index is 11.2. The molecule has 0 radical (unpaired) electrons. The molecule has 1 saturated heterocycles. The first-order valence-electron chi connectivity index (χ1n) is 6.11. The third-order valence-electron chi connectivity index (χ3n) is 2.88. The fourth-order valence-electron chi connectivity index (χ4n) is 1.89. The molecule has 5 heteroatoms. The molecule has 1 N–H and O–H groups in total. The summed E-state index contributed by atoms with van der Waals surface area (Å²) < 4.78 is 6.70. The molecule has 18 heavy (non-hydrogen) atoms. The molecule has 1 amide bonds. The van der Waals surface area contributed by atoms with Gasteiger partial charge in [-0.15, -0.1) is 0 Å². The van der Waals surface area contributed by atoms with Gasteiger partial charge >= 0.3 is 0 Å². The van der Waals surface area contributed by atoms with E-state index < -0.39 is 0 Å². The van der Waals surface area contributed by atoms with Gasteiger partial charge in [-0.3, -0.25) is 9.69 Å². The number of ether oxygens (including phenoxy) is 1. The molecular weight excluding hydrogens is 296 g/mol. The van der Waals surface area contributed by atoms with Gasteiger partial charge in [0.05, 0.1) is 0 Å². The molecule has 1 aromatic carbocycles. The lowest BCUT2D eigenvalue weighted by Crippen LogP contribution is -2.32. The second-order valence-electron chi connectivity index (χ2n) is 4.25. The molecule has 98 valence electrons. The van der Waals surface area contributed by atoms with E-state index in [0.29, 0.717) is 13.0 Å². The van der Waals surface area contributed by atoms with Gasteiger partial charge in [0.2, 0.25) is 5.91 Å². The molecule has 0 spiro atoms. The fraction of sp³-hybridized carbons (Fsp3) is 0.462. The number of benzene rings is 1. The minimum absolute atomic E-state index is 0.144. The summed E-state index contributed by atoms with van der Waals surface area (Å²) in [5.41, 5.74) is 0. The van der Waals surface area contributed by atoms with Gasteiger partial charge in [0, 0.05) is 37.1 Å². The Balaban J connectivity index is 1.73. The molecule has 0 unspecified atom stereocenters. The second kappa shape index (κ2) is 6.75. The zero-order valence-corrected chi connectivity index (χ0v) is 11.8. The lowest BCUT2D eigenvalue weighted by molar-refractivity contribution is -0.120. The van der Waals surface area contributed by atoms with Crippen LogP contribution in [-0.4, -0.2) is 43.6 Å². The summed E-state index contributed by atoms with van der Waals surface area (Å²) in [7, 11) is 0. The quantitative estimate of drug-likeness (QED) is 0.919. The predicted octanol–water partition coefficient (Wildman–Crippen LogP) is 1.65. The van der Waals surface area contributed by atoms with Crippen LogP contribution in [0.4, 0.5) is 0 Å². The minimum Gasteiger partial charge on any atom is -0.492 e. The van der Waals surface area contributed by atoms with Crippen molar-refractivity contribution in [1.29, 1.82) is 0 Å². The first-order chi connectivity index (χ1) is 8.74. The lowest BCUT2D eigenvalue weighted by Gasteiger charge is -2.18. The Morgan fingerprint density at radius 2 is 2.28 bits per heavy atom. The molecule has 0 atom stereocenters. The Morgan fingerprint density at radius 1 is 1.39 bits per heavy atom. The molecule has 0 bridgehead atoms. The van der Waals surface area contributed by atoms with Gasteiger partial charge in [0.1, 0.15) is 12.4 Å². The van der Waals surface area contributed by atoms with E-state index >= 15 is 0 Å². The van der Waals surface area contributed by atoms with Crippen LogP contribution < -0.4 is 10.1 Å². The summed E-state index contributed by atoms with van der Waals surface area (Å²) >= 11 is 3.41. The van der Waals surface area contributed by atoms with Crippen LogP contribution in [0.5, 0.6) is 5.75 Å². The van der Waals surface area contributed by atoms with E-state index in [1.165, 1.54) is 0 Å². The fourth-order valence-corrected chi connectivity index (χ4v) is 2.26. The number of halogens is 1. The Hall–Kier alpha value is -1.07. The number of hydrogen-bond donors (Lipinski definition) is 1. The molecule has 0 saturated carbocycles. The summed E-state index contributed by atoms with van der Waals surface area (Å²) in [6, 6.07) is 7.82. The van der Waals surface area contributed by atoms with Crippen molar-refractivity contribution in [3.05, 3.63) is 28.7 Å². The molecule has 0 aromatic heterocycles. The summed E-state index contributed by atoms with van der Waals surface area (Å²) in [5.74, 6) is 1.01. The van der Waals surface area contributed by atoms with Crippen LogP contribution in [0.3, 0.4) is 0 Å². The van der Waals surface area contributed by atoms with E-state index in [9.17, 15) is 4.79 Å². The Morgan fingerprint density at radius 3 is 3.11 bits per heavy atom. The van der Waals surface area contributed by atoms with Crippen molar-refractivity contribution >= 4 is 21.8 Å². The topological polar surface area (TPSA) is 41.6 Å². The van der Waals surface area contributed by atoms with Crippen LogP contribution in [0.15, 0.2) is 28.7 Å². The molecule has 4 nitrogen and oxygen atoms in total. The Kier molecular flexibility index (Phi) is 5.01. The van der Waals surface area contributed by atoms with Crippen LogP contribution in [0, 0.1) is 0 Å². The molecule has 0 aliphatic carbocycles. The van der Waals surface area contributed by atoms with Crippen molar-refractivity contribution in [1.82, 2.24) is 10.2 Å². The van der Waals surface area contributed by atoms with Crippen molar-refractivity contribution in [2.24, 2.45) is 0 Å². The highest BCUT2D eigenvalue weighted by atomic mass is 79.9. The standard InChI is InChI=1S/C13H17BrN2O2/c14-11-2-1-3-12(10-11)18-9-8-16-6-4-13(17)15-5-7-16/h1-3,10H,4-9H2,(H,15,17). The maximum atomic E-state index is 11.2. The zero-order chi connectivity index (χ0) is 12.8. The molecule has 1 fully saturated rings. The third kappa shape index (κ3) is 4.31. The largest absolute Gasteiger partial charge is 0.492 e. The van der Waals surface area contributed by atoms with Crippen LogP contribution in [0.25, 0.3) is 0 Å². The first-order valence-corrected chi connectivity index (χ1v) is 6.91. The van der Waals surface area contributed by atoms with Gasteiger partial charge in [0.15, 0.2) is 0 Å². The summed E-state index contributed by atoms with van der Waals surface area (Å²) in [6.07, 6.45) is 0.580. The van der Waals surface area contributed by atoms with Gasteiger partial charge in [-0.2, -0.15) is 0 Å². The lowest BCUT2D eigenvalue weighted by atomic mass is 10.3. The van der Waals surface area contributed by atoms with Gasteiger partial charge in [0.25, 0.3) is 0 Å². The smallest absolute Gasteiger partial charge is 0.221 e. The maximum Gasteiger partial charge on any atom is 0.221 e. The van der Waals surface area contributed by atoms with Crippen LogP contribution in [-0.2, 0) is 4.79 Å². The number of hydrogen-bond acceptors (Lipinski definition) is 3. The monoisotopic (exact) mass is 312 g/mol. The number of rotatable bonds is 4. The van der Waals surface area contributed by atoms with Gasteiger partial charge in [-0.25, -0.2) is 0 Å². The second-order valence-corrected chi connectivity index (χ2v) is 5.16. The number of nitrogens with zero attached hydrogens (tertiary/aromatic N) is 1. The molecule has 1 aromatic rings. The molecular formula is C13H17BrN2O2.